The average Bonchev–Trinajstić information content (AvgIpc) is 3.04. The van der Waals surface area contributed by atoms with Crippen LogP contribution in [0, 0.1) is 12.7 Å². The lowest BCUT2D eigenvalue weighted by molar-refractivity contribution is -0.0103. The summed E-state index contributed by atoms with van der Waals surface area (Å²) in [5.74, 6) is -0.201. The first-order chi connectivity index (χ1) is 12.1. The van der Waals surface area contributed by atoms with Crippen LogP contribution in [0.15, 0.2) is 23.7 Å². The van der Waals surface area contributed by atoms with Crippen molar-refractivity contribution < 1.29 is 9.13 Å². The molecule has 2 heterocycles. The van der Waals surface area contributed by atoms with E-state index in [-0.39, 0.29) is 18.0 Å². The van der Waals surface area contributed by atoms with Gasteiger partial charge in [-0.05, 0) is 37.5 Å². The monoisotopic (exact) mass is 381 g/mol. The van der Waals surface area contributed by atoms with Crippen molar-refractivity contribution in [2.45, 2.75) is 38.5 Å². The number of piperidine rings is 1. The maximum Gasteiger partial charge on any atom is 0.130 e. The van der Waals surface area contributed by atoms with Crippen LogP contribution >= 0.6 is 20.6 Å². The Bertz CT molecular complexity index is 703. The summed E-state index contributed by atoms with van der Waals surface area (Å²) in [5, 5.41) is 0.585. The predicted octanol–water partition coefficient (Wildman–Crippen LogP) is 2.77. The molecule has 1 aliphatic rings. The molecule has 4 nitrogen and oxygen atoms in total. The Kier molecular flexibility index (Phi) is 6.53. The summed E-state index contributed by atoms with van der Waals surface area (Å²) < 4.78 is 19.4. The molecule has 2 N–H and O–H groups in total. The Labute approximate surface area is 154 Å². The van der Waals surface area contributed by atoms with Crippen molar-refractivity contribution in [3.63, 3.8) is 0 Å². The molecule has 136 valence electrons. The molecule has 0 amide bonds. The van der Waals surface area contributed by atoms with Crippen LogP contribution in [0.3, 0.4) is 0 Å². The van der Waals surface area contributed by atoms with Crippen molar-refractivity contribution >= 4 is 25.9 Å². The second kappa shape index (κ2) is 8.65. The largest absolute Gasteiger partial charge is 0.373 e. The van der Waals surface area contributed by atoms with Gasteiger partial charge in [-0.1, -0.05) is 6.07 Å². The van der Waals surface area contributed by atoms with Crippen molar-refractivity contribution in [3.05, 3.63) is 45.7 Å². The number of aryl methyl sites for hydroxylation is 1. The molecule has 7 heteroatoms. The predicted molar refractivity (Wildman–Crippen MR) is 104 cm³/mol. The second-order valence-corrected chi connectivity index (χ2v) is 7.96. The van der Waals surface area contributed by atoms with Crippen LogP contribution in [-0.4, -0.2) is 35.6 Å². The number of thiazole rings is 1. The van der Waals surface area contributed by atoms with E-state index in [4.69, 9.17) is 10.5 Å². The summed E-state index contributed by atoms with van der Waals surface area (Å²) in [7, 11) is 2.42. The lowest BCUT2D eigenvalue weighted by Gasteiger charge is -2.36. The van der Waals surface area contributed by atoms with Gasteiger partial charge in [-0.15, -0.1) is 20.6 Å². The lowest BCUT2D eigenvalue weighted by Crippen LogP contribution is -2.41. The topological polar surface area (TPSA) is 51.4 Å². The second-order valence-electron chi connectivity index (χ2n) is 6.46. The molecule has 0 spiro atoms. The van der Waals surface area contributed by atoms with Gasteiger partial charge in [-0.25, -0.2) is 9.37 Å². The van der Waals surface area contributed by atoms with E-state index < -0.39 is 0 Å². The van der Waals surface area contributed by atoms with Crippen molar-refractivity contribution in [1.29, 1.82) is 0 Å². The summed E-state index contributed by atoms with van der Waals surface area (Å²) in [6.45, 7) is 5.14. The highest BCUT2D eigenvalue weighted by molar-refractivity contribution is 7.27. The van der Waals surface area contributed by atoms with Crippen LogP contribution < -0.4 is 11.0 Å². The van der Waals surface area contributed by atoms with Crippen molar-refractivity contribution in [1.82, 2.24) is 9.88 Å². The summed E-state index contributed by atoms with van der Waals surface area (Å²) >= 11 is 1.69. The molecule has 2 unspecified atom stereocenters. The van der Waals surface area contributed by atoms with Crippen LogP contribution in [0.4, 0.5) is 4.39 Å². The Balaban J connectivity index is 1.51. The number of nitrogens with two attached hydrogens (primary N) is 1. The van der Waals surface area contributed by atoms with Gasteiger partial charge >= 0.3 is 0 Å². The minimum absolute atomic E-state index is 0.201. The minimum atomic E-state index is -0.201. The van der Waals surface area contributed by atoms with Gasteiger partial charge < -0.3 is 10.5 Å². The Hall–Kier alpha value is -0.910. The maximum absolute atomic E-state index is 13.3. The van der Waals surface area contributed by atoms with Crippen LogP contribution in [0.1, 0.15) is 35.0 Å². The number of hydrogen-bond donors (Lipinski definition) is 1. The standard InChI is InChI=1S/C18H25FN3OPS/c1-12-18(25-11-21-12)16(9-20)22-6-4-14(5-7-22)23-10-13-2-3-15(19)17(24)8-13/h2-3,8,11,14,16H,4-7,9-10,20,24H2,1H3. The smallest absolute Gasteiger partial charge is 0.130 e. The molecule has 0 bridgehead atoms. The van der Waals surface area contributed by atoms with E-state index in [1.54, 1.807) is 17.4 Å². The quantitative estimate of drug-likeness (QED) is 0.782. The van der Waals surface area contributed by atoms with E-state index >= 15 is 0 Å². The number of nitrogens with zero attached hydrogens (tertiary/aromatic N) is 2. The van der Waals surface area contributed by atoms with Gasteiger partial charge in [0, 0.05) is 29.8 Å². The van der Waals surface area contributed by atoms with E-state index in [2.05, 4.69) is 19.1 Å². The molecular formula is C18H25FN3OPS. The number of aromatic nitrogens is 1. The van der Waals surface area contributed by atoms with Crippen LogP contribution in [0.25, 0.3) is 0 Å². The number of hydrogen-bond acceptors (Lipinski definition) is 5. The molecular weight excluding hydrogens is 356 g/mol. The Morgan fingerprint density at radius 2 is 2.20 bits per heavy atom. The van der Waals surface area contributed by atoms with Crippen LogP contribution in [0.2, 0.25) is 0 Å². The molecule has 1 saturated heterocycles. The molecule has 1 aliphatic heterocycles. The molecule has 0 saturated carbocycles. The average molecular weight is 381 g/mol. The number of rotatable bonds is 6. The number of benzene rings is 1. The number of likely N-dealkylation sites (tertiary alicyclic amines) is 1. The fourth-order valence-corrected chi connectivity index (χ4v) is 4.56. The molecule has 25 heavy (non-hydrogen) atoms. The van der Waals surface area contributed by atoms with Gasteiger partial charge in [0.15, 0.2) is 0 Å². The molecule has 2 atom stereocenters. The molecule has 0 radical (unpaired) electrons. The Morgan fingerprint density at radius 1 is 1.44 bits per heavy atom. The van der Waals surface area contributed by atoms with E-state index in [1.165, 1.54) is 10.9 Å². The van der Waals surface area contributed by atoms with Crippen LogP contribution in [-0.2, 0) is 11.3 Å². The highest BCUT2D eigenvalue weighted by atomic mass is 32.1. The first-order valence-electron chi connectivity index (χ1n) is 8.58. The SMILES string of the molecule is Cc1ncsc1C(CN)N1CCC(OCc2ccc(F)c(P)c2)CC1. The summed E-state index contributed by atoms with van der Waals surface area (Å²) in [4.78, 5) is 8.08. The van der Waals surface area contributed by atoms with Gasteiger partial charge in [-0.3, -0.25) is 4.90 Å². The number of halogens is 1. The first-order valence-corrected chi connectivity index (χ1v) is 10.0. The molecule has 1 fully saturated rings. The van der Waals surface area contributed by atoms with Crippen molar-refractivity contribution in [2.24, 2.45) is 5.73 Å². The molecule has 0 aliphatic carbocycles. The third kappa shape index (κ3) is 4.63. The molecule has 3 rings (SSSR count). The summed E-state index contributed by atoms with van der Waals surface area (Å²) in [6, 6.07) is 5.36. The number of ether oxygens (including phenoxy) is 1. The highest BCUT2D eigenvalue weighted by Crippen LogP contribution is 2.29. The maximum atomic E-state index is 13.3. The van der Waals surface area contributed by atoms with Crippen molar-refractivity contribution in [3.8, 4) is 0 Å². The zero-order valence-electron chi connectivity index (χ0n) is 14.5. The summed E-state index contributed by atoms with van der Waals surface area (Å²) in [6.07, 6.45) is 2.22. The van der Waals surface area contributed by atoms with E-state index in [1.807, 2.05) is 18.5 Å². The van der Waals surface area contributed by atoms with Crippen molar-refractivity contribution in [2.75, 3.05) is 19.6 Å². The van der Waals surface area contributed by atoms with E-state index in [9.17, 15) is 4.39 Å². The fraction of sp³-hybridized carbons (Fsp3) is 0.500. The molecule has 2 aromatic rings. The van der Waals surface area contributed by atoms with Crippen LogP contribution in [0.5, 0.6) is 0 Å². The van der Waals surface area contributed by atoms with Gasteiger partial charge in [0.1, 0.15) is 5.82 Å². The van der Waals surface area contributed by atoms with Gasteiger partial charge in [0.05, 0.1) is 30.0 Å². The minimum Gasteiger partial charge on any atom is -0.373 e. The van der Waals surface area contributed by atoms with E-state index in [0.29, 0.717) is 18.5 Å². The van der Waals surface area contributed by atoms with Gasteiger partial charge in [0.25, 0.3) is 0 Å². The Morgan fingerprint density at radius 3 is 2.80 bits per heavy atom. The zero-order chi connectivity index (χ0) is 17.8. The molecule has 1 aromatic carbocycles. The molecule has 1 aromatic heterocycles. The third-order valence-electron chi connectivity index (χ3n) is 4.77. The first kappa shape index (κ1) is 18.9. The van der Waals surface area contributed by atoms with Gasteiger partial charge in [0.2, 0.25) is 0 Å². The third-order valence-corrected chi connectivity index (χ3v) is 6.25. The highest BCUT2D eigenvalue weighted by Gasteiger charge is 2.27. The fourth-order valence-electron chi connectivity index (χ4n) is 3.30. The lowest BCUT2D eigenvalue weighted by atomic mass is 10.0. The van der Waals surface area contributed by atoms with E-state index in [0.717, 1.165) is 37.2 Å². The van der Waals surface area contributed by atoms with Gasteiger partial charge in [-0.2, -0.15) is 0 Å². The zero-order valence-corrected chi connectivity index (χ0v) is 16.4. The summed E-state index contributed by atoms with van der Waals surface area (Å²) in [5.41, 5.74) is 10.0. The normalized spacial score (nSPS) is 17.8.